The molecule has 1 unspecified atom stereocenters. The molecule has 0 fully saturated rings. The van der Waals surface area contributed by atoms with Gasteiger partial charge in [-0.25, -0.2) is 4.39 Å². The van der Waals surface area contributed by atoms with Crippen LogP contribution in [-0.4, -0.2) is 11.6 Å². The fourth-order valence-electron chi connectivity index (χ4n) is 1.85. The molecule has 0 aliphatic rings. The van der Waals surface area contributed by atoms with Crippen molar-refractivity contribution in [3.05, 3.63) is 58.6 Å². The highest BCUT2D eigenvalue weighted by molar-refractivity contribution is 6.31. The van der Waals surface area contributed by atoms with Gasteiger partial charge in [0.15, 0.2) is 0 Å². The van der Waals surface area contributed by atoms with E-state index >= 15 is 0 Å². The molecule has 96 valence electrons. The largest absolute Gasteiger partial charge is 0.349 e. The molecule has 2 nitrogen and oxygen atoms in total. The van der Waals surface area contributed by atoms with Gasteiger partial charge in [0.05, 0.1) is 6.54 Å². The van der Waals surface area contributed by atoms with Gasteiger partial charge in [-0.2, -0.15) is 0 Å². The van der Waals surface area contributed by atoms with Gasteiger partial charge >= 0.3 is 0 Å². The number of hydrogen-bond donors (Lipinski definition) is 1. The topological polar surface area (TPSA) is 17.0 Å². The monoisotopic (exact) mass is 266 g/mol. The molecular weight excluding hydrogens is 251 g/mol. The van der Waals surface area contributed by atoms with Crippen LogP contribution in [0.15, 0.2) is 36.7 Å². The van der Waals surface area contributed by atoms with Crippen molar-refractivity contribution in [3.63, 3.8) is 0 Å². The first-order chi connectivity index (χ1) is 8.61. The zero-order valence-electron chi connectivity index (χ0n) is 10.5. The van der Waals surface area contributed by atoms with Gasteiger partial charge in [-0.1, -0.05) is 17.7 Å². The number of nitrogens with one attached hydrogen (secondary N) is 1. The normalized spacial score (nSPS) is 12.7. The second-order valence-electron chi connectivity index (χ2n) is 4.33. The van der Waals surface area contributed by atoms with E-state index in [0.29, 0.717) is 17.1 Å². The zero-order chi connectivity index (χ0) is 13.1. The molecule has 1 aromatic carbocycles. The van der Waals surface area contributed by atoms with Crippen molar-refractivity contribution in [1.82, 2.24) is 9.88 Å². The summed E-state index contributed by atoms with van der Waals surface area (Å²) in [4.78, 5) is 0. The highest BCUT2D eigenvalue weighted by Gasteiger charge is 2.09. The SMILES string of the molecule is CNC(C)c1ccn(Cc2c(F)cccc2Cl)c1. The van der Waals surface area contributed by atoms with Crippen molar-refractivity contribution in [2.45, 2.75) is 19.5 Å². The van der Waals surface area contributed by atoms with Crippen LogP contribution in [0, 0.1) is 5.82 Å². The Morgan fingerprint density at radius 1 is 1.39 bits per heavy atom. The standard InChI is InChI=1S/C14H16ClFN2/c1-10(17-2)11-6-7-18(8-11)9-12-13(15)4-3-5-14(12)16/h3-8,10,17H,9H2,1-2H3. The molecule has 1 atom stereocenters. The third-order valence-corrected chi connectivity index (χ3v) is 3.46. The summed E-state index contributed by atoms with van der Waals surface area (Å²) in [6, 6.07) is 7.06. The van der Waals surface area contributed by atoms with Gasteiger partial charge in [0.1, 0.15) is 5.82 Å². The summed E-state index contributed by atoms with van der Waals surface area (Å²) in [5.41, 5.74) is 1.70. The molecule has 0 aliphatic heterocycles. The smallest absolute Gasteiger partial charge is 0.129 e. The van der Waals surface area contributed by atoms with Crippen LogP contribution in [0.4, 0.5) is 4.39 Å². The molecular formula is C14H16ClFN2. The highest BCUT2D eigenvalue weighted by atomic mass is 35.5. The van der Waals surface area contributed by atoms with Crippen molar-refractivity contribution < 1.29 is 4.39 Å². The van der Waals surface area contributed by atoms with Crippen molar-refractivity contribution >= 4 is 11.6 Å². The van der Waals surface area contributed by atoms with Crippen LogP contribution in [0.2, 0.25) is 5.02 Å². The second kappa shape index (κ2) is 5.55. The minimum Gasteiger partial charge on any atom is -0.349 e. The average molecular weight is 267 g/mol. The summed E-state index contributed by atoms with van der Waals surface area (Å²) >= 11 is 6.01. The van der Waals surface area contributed by atoms with Crippen LogP contribution in [0.25, 0.3) is 0 Å². The van der Waals surface area contributed by atoms with Crippen molar-refractivity contribution in [3.8, 4) is 0 Å². The number of hydrogen-bond acceptors (Lipinski definition) is 1. The second-order valence-corrected chi connectivity index (χ2v) is 4.73. The lowest BCUT2D eigenvalue weighted by Crippen LogP contribution is -2.11. The number of nitrogens with zero attached hydrogens (tertiary/aromatic N) is 1. The predicted octanol–water partition coefficient (Wildman–Crippen LogP) is 3.61. The van der Waals surface area contributed by atoms with Crippen molar-refractivity contribution in [2.24, 2.45) is 0 Å². The first-order valence-electron chi connectivity index (χ1n) is 5.87. The van der Waals surface area contributed by atoms with Crippen LogP contribution < -0.4 is 5.32 Å². The number of benzene rings is 1. The molecule has 18 heavy (non-hydrogen) atoms. The van der Waals surface area contributed by atoms with E-state index in [0.717, 1.165) is 0 Å². The summed E-state index contributed by atoms with van der Waals surface area (Å²) in [5.74, 6) is -0.264. The molecule has 4 heteroatoms. The van der Waals surface area contributed by atoms with Crippen molar-refractivity contribution in [2.75, 3.05) is 7.05 Å². The molecule has 0 saturated carbocycles. The first kappa shape index (κ1) is 13.1. The lowest BCUT2D eigenvalue weighted by atomic mass is 10.2. The fourth-order valence-corrected chi connectivity index (χ4v) is 2.07. The molecule has 1 heterocycles. The maximum absolute atomic E-state index is 13.7. The fraction of sp³-hybridized carbons (Fsp3) is 0.286. The molecule has 0 saturated heterocycles. The minimum absolute atomic E-state index is 0.264. The van der Waals surface area contributed by atoms with Crippen LogP contribution in [-0.2, 0) is 6.54 Å². The van der Waals surface area contributed by atoms with Crippen LogP contribution in [0.1, 0.15) is 24.1 Å². The van der Waals surface area contributed by atoms with E-state index in [2.05, 4.69) is 12.2 Å². The first-order valence-corrected chi connectivity index (χ1v) is 6.25. The van der Waals surface area contributed by atoms with E-state index in [1.54, 1.807) is 12.1 Å². The Bertz CT molecular complexity index is 516. The quantitative estimate of drug-likeness (QED) is 0.895. The predicted molar refractivity (Wildman–Crippen MR) is 72.4 cm³/mol. The summed E-state index contributed by atoms with van der Waals surface area (Å²) < 4.78 is 15.6. The van der Waals surface area contributed by atoms with Gasteiger partial charge in [0.2, 0.25) is 0 Å². The van der Waals surface area contributed by atoms with Crippen LogP contribution in [0.5, 0.6) is 0 Å². The lowest BCUT2D eigenvalue weighted by Gasteiger charge is -2.08. The number of aromatic nitrogens is 1. The van der Waals surface area contributed by atoms with Crippen LogP contribution in [0.3, 0.4) is 0 Å². The van der Waals surface area contributed by atoms with Gasteiger partial charge in [-0.05, 0) is 37.7 Å². The van der Waals surface area contributed by atoms with Crippen LogP contribution >= 0.6 is 11.6 Å². The van der Waals surface area contributed by atoms with Gasteiger partial charge in [-0.15, -0.1) is 0 Å². The number of halogens is 2. The Morgan fingerprint density at radius 2 is 2.17 bits per heavy atom. The van der Waals surface area contributed by atoms with E-state index in [1.807, 2.05) is 30.1 Å². The molecule has 0 amide bonds. The molecule has 0 radical (unpaired) electrons. The van der Waals surface area contributed by atoms with Gasteiger partial charge in [0, 0.05) is 29.0 Å². The Balaban J connectivity index is 2.21. The van der Waals surface area contributed by atoms with E-state index in [9.17, 15) is 4.39 Å². The van der Waals surface area contributed by atoms with Crippen molar-refractivity contribution in [1.29, 1.82) is 0 Å². The Labute approximate surface area is 111 Å². The molecule has 0 aliphatic carbocycles. The average Bonchev–Trinajstić information content (AvgIpc) is 2.81. The Morgan fingerprint density at radius 3 is 2.83 bits per heavy atom. The van der Waals surface area contributed by atoms with E-state index < -0.39 is 0 Å². The zero-order valence-corrected chi connectivity index (χ0v) is 11.2. The maximum atomic E-state index is 13.7. The summed E-state index contributed by atoms with van der Waals surface area (Å²) in [5, 5.41) is 3.63. The maximum Gasteiger partial charge on any atom is 0.129 e. The summed E-state index contributed by atoms with van der Waals surface area (Å²) in [6.45, 7) is 2.53. The summed E-state index contributed by atoms with van der Waals surface area (Å²) in [7, 11) is 1.91. The lowest BCUT2D eigenvalue weighted by molar-refractivity contribution is 0.599. The van der Waals surface area contributed by atoms with Gasteiger partial charge in [0.25, 0.3) is 0 Å². The van der Waals surface area contributed by atoms with Gasteiger partial charge in [-0.3, -0.25) is 0 Å². The third-order valence-electron chi connectivity index (χ3n) is 3.11. The third kappa shape index (κ3) is 2.74. The van der Waals surface area contributed by atoms with E-state index in [4.69, 9.17) is 11.6 Å². The molecule has 1 aromatic heterocycles. The minimum atomic E-state index is -0.264. The summed E-state index contributed by atoms with van der Waals surface area (Å²) in [6.07, 6.45) is 3.94. The van der Waals surface area contributed by atoms with Gasteiger partial charge < -0.3 is 9.88 Å². The Hall–Kier alpha value is -1.32. The molecule has 0 bridgehead atoms. The molecule has 0 spiro atoms. The van der Waals surface area contributed by atoms with E-state index in [1.165, 1.54) is 11.6 Å². The molecule has 2 aromatic rings. The molecule has 1 N–H and O–H groups in total. The Kier molecular flexibility index (Phi) is 4.04. The molecule has 2 rings (SSSR count). The van der Waals surface area contributed by atoms with E-state index in [-0.39, 0.29) is 11.9 Å². The highest BCUT2D eigenvalue weighted by Crippen LogP contribution is 2.21. The number of rotatable bonds is 4.